The van der Waals surface area contributed by atoms with E-state index in [0.29, 0.717) is 11.8 Å². The third kappa shape index (κ3) is 2.29. The van der Waals surface area contributed by atoms with Crippen molar-refractivity contribution in [1.29, 1.82) is 0 Å². The quantitative estimate of drug-likeness (QED) is 0.493. The number of hydrogen-bond donors (Lipinski definition) is 2. The van der Waals surface area contributed by atoms with Gasteiger partial charge in [0.15, 0.2) is 5.62 Å². The van der Waals surface area contributed by atoms with Crippen molar-refractivity contribution in [3.63, 3.8) is 0 Å². The Morgan fingerprint density at radius 3 is 2.20 bits per heavy atom. The van der Waals surface area contributed by atoms with Gasteiger partial charge >= 0.3 is 7.12 Å². The maximum Gasteiger partial charge on any atom is 0.512 e. The van der Waals surface area contributed by atoms with Crippen LogP contribution >= 0.6 is 0 Å². The summed E-state index contributed by atoms with van der Waals surface area (Å²) in [5, 5.41) is 10.6. The SMILES string of the molecule is CC1(C)OB([C@@](N)(O)c2ccccc2C=O)OC1(C)C. The molecule has 1 aliphatic rings. The zero-order valence-corrected chi connectivity index (χ0v) is 12.2. The van der Waals surface area contributed by atoms with Crippen LogP contribution in [-0.2, 0) is 14.9 Å². The molecule has 1 atom stereocenters. The van der Waals surface area contributed by atoms with Crippen molar-refractivity contribution in [3.8, 4) is 0 Å². The Kier molecular flexibility index (Phi) is 3.54. The summed E-state index contributed by atoms with van der Waals surface area (Å²) in [4.78, 5) is 11.1. The lowest BCUT2D eigenvalue weighted by atomic mass is 9.69. The molecule has 1 fully saturated rings. The maximum absolute atomic E-state index is 11.1. The van der Waals surface area contributed by atoms with E-state index in [1.807, 2.05) is 27.7 Å². The van der Waals surface area contributed by atoms with Gasteiger partial charge in [0.05, 0.1) is 11.2 Å². The van der Waals surface area contributed by atoms with E-state index >= 15 is 0 Å². The molecule has 0 amide bonds. The van der Waals surface area contributed by atoms with Crippen LogP contribution in [0.1, 0.15) is 43.6 Å². The highest BCUT2D eigenvalue weighted by Crippen LogP contribution is 2.41. The Labute approximate surface area is 119 Å². The smallest absolute Gasteiger partial charge is 0.400 e. The van der Waals surface area contributed by atoms with Gasteiger partial charge in [-0.3, -0.25) is 4.79 Å². The topological polar surface area (TPSA) is 81.8 Å². The minimum Gasteiger partial charge on any atom is -0.400 e. The van der Waals surface area contributed by atoms with Crippen LogP contribution in [0.2, 0.25) is 0 Å². The maximum atomic E-state index is 11.1. The first-order valence-electron chi connectivity index (χ1n) is 6.53. The zero-order chi connectivity index (χ0) is 15.2. The Balaban J connectivity index is 2.40. The highest BCUT2D eigenvalue weighted by Gasteiger charge is 2.59. The first-order valence-corrected chi connectivity index (χ1v) is 6.53. The summed E-state index contributed by atoms with van der Waals surface area (Å²) in [6, 6.07) is 6.58. The average Bonchev–Trinajstić information content (AvgIpc) is 2.59. The highest BCUT2D eigenvalue weighted by molar-refractivity contribution is 6.49. The average molecular weight is 277 g/mol. The molecule has 1 aliphatic heterocycles. The van der Waals surface area contributed by atoms with Crippen molar-refractivity contribution in [3.05, 3.63) is 35.4 Å². The molecule has 6 heteroatoms. The minimum absolute atomic E-state index is 0.286. The van der Waals surface area contributed by atoms with Gasteiger partial charge in [-0.05, 0) is 27.7 Å². The third-order valence-electron chi connectivity index (χ3n) is 4.13. The van der Waals surface area contributed by atoms with E-state index in [9.17, 15) is 9.90 Å². The Bertz CT molecular complexity index is 512. The normalized spacial score (nSPS) is 23.4. The molecule has 0 aromatic heterocycles. The molecule has 1 heterocycles. The summed E-state index contributed by atoms with van der Waals surface area (Å²) >= 11 is 0. The lowest BCUT2D eigenvalue weighted by Gasteiger charge is -2.32. The number of aliphatic hydroxyl groups is 1. The van der Waals surface area contributed by atoms with Crippen molar-refractivity contribution in [2.45, 2.75) is 44.5 Å². The number of hydrogen-bond acceptors (Lipinski definition) is 5. The molecule has 0 aliphatic carbocycles. The molecule has 0 saturated carbocycles. The van der Waals surface area contributed by atoms with E-state index in [2.05, 4.69) is 0 Å². The number of aldehydes is 1. The van der Waals surface area contributed by atoms with Crippen LogP contribution in [0.5, 0.6) is 0 Å². The Morgan fingerprint density at radius 2 is 1.70 bits per heavy atom. The van der Waals surface area contributed by atoms with Gasteiger partial charge in [0.2, 0.25) is 0 Å². The van der Waals surface area contributed by atoms with Crippen LogP contribution in [0.3, 0.4) is 0 Å². The minimum atomic E-state index is -1.90. The molecule has 0 spiro atoms. The monoisotopic (exact) mass is 277 g/mol. The fourth-order valence-electron chi connectivity index (χ4n) is 2.11. The number of rotatable bonds is 3. The second-order valence-electron chi connectivity index (χ2n) is 6.12. The van der Waals surface area contributed by atoms with Crippen molar-refractivity contribution in [2.75, 3.05) is 0 Å². The van der Waals surface area contributed by atoms with Gasteiger partial charge in [-0.1, -0.05) is 24.3 Å². The molecule has 0 bridgehead atoms. The van der Waals surface area contributed by atoms with Gasteiger partial charge in [-0.25, -0.2) is 0 Å². The number of benzene rings is 1. The fraction of sp³-hybridized carbons (Fsp3) is 0.500. The zero-order valence-electron chi connectivity index (χ0n) is 12.2. The summed E-state index contributed by atoms with van der Waals surface area (Å²) in [6.45, 7) is 7.48. The second-order valence-corrected chi connectivity index (χ2v) is 6.12. The van der Waals surface area contributed by atoms with Gasteiger partial charge in [-0.2, -0.15) is 0 Å². The summed E-state index contributed by atoms with van der Waals surface area (Å²) in [5.74, 6) is 0. The highest BCUT2D eigenvalue weighted by atomic mass is 16.7. The third-order valence-corrected chi connectivity index (χ3v) is 4.13. The van der Waals surface area contributed by atoms with Crippen molar-refractivity contribution in [2.24, 2.45) is 5.73 Å². The van der Waals surface area contributed by atoms with Gasteiger partial charge in [-0.15, -0.1) is 0 Å². The van der Waals surface area contributed by atoms with E-state index in [1.54, 1.807) is 24.3 Å². The van der Waals surface area contributed by atoms with Gasteiger partial charge in [0.25, 0.3) is 0 Å². The first kappa shape index (κ1) is 15.2. The summed E-state index contributed by atoms with van der Waals surface area (Å²) < 4.78 is 11.5. The summed E-state index contributed by atoms with van der Waals surface area (Å²) in [5.41, 5.74) is 3.49. The first-order chi connectivity index (χ1) is 9.12. The standard InChI is InChI=1S/C14H20BNO4/c1-12(2)13(3,4)20-15(19-12)14(16,18)11-8-6-5-7-10(11)9-17/h5-9,18H,16H2,1-4H3/t14-/m0/s1. The number of carbonyl (C=O) groups is 1. The van der Waals surface area contributed by atoms with Crippen LogP contribution in [0.15, 0.2) is 24.3 Å². The lowest BCUT2D eigenvalue weighted by molar-refractivity contribution is 0.00578. The van der Waals surface area contributed by atoms with Crippen LogP contribution in [0.25, 0.3) is 0 Å². The predicted octanol–water partition coefficient (Wildman–Crippen LogP) is 1.23. The Morgan fingerprint density at radius 1 is 1.20 bits per heavy atom. The molecule has 0 radical (unpaired) electrons. The van der Waals surface area contributed by atoms with E-state index in [1.165, 1.54) is 0 Å². The predicted molar refractivity (Wildman–Crippen MR) is 76.0 cm³/mol. The van der Waals surface area contributed by atoms with Gasteiger partial charge in [0, 0.05) is 11.1 Å². The van der Waals surface area contributed by atoms with Gasteiger partial charge < -0.3 is 20.1 Å². The molecule has 1 aromatic carbocycles. The molecule has 3 N–H and O–H groups in total. The van der Waals surface area contributed by atoms with Crippen LogP contribution < -0.4 is 5.73 Å². The summed E-state index contributed by atoms with van der Waals surface area (Å²) in [7, 11) is -1.05. The number of carbonyl (C=O) groups excluding carboxylic acids is 1. The molecular formula is C14H20BNO4. The van der Waals surface area contributed by atoms with Crippen molar-refractivity contribution >= 4 is 13.4 Å². The summed E-state index contributed by atoms with van der Waals surface area (Å²) in [6.07, 6.45) is 0.651. The lowest BCUT2D eigenvalue weighted by Crippen LogP contribution is -2.53. The molecule has 108 valence electrons. The number of nitrogens with two attached hydrogens (primary N) is 1. The molecule has 0 unspecified atom stereocenters. The molecule has 1 aromatic rings. The molecule has 20 heavy (non-hydrogen) atoms. The van der Waals surface area contributed by atoms with Gasteiger partial charge in [0.1, 0.15) is 6.29 Å². The van der Waals surface area contributed by atoms with E-state index in [4.69, 9.17) is 15.0 Å². The molecule has 5 nitrogen and oxygen atoms in total. The molecular weight excluding hydrogens is 257 g/mol. The molecule has 1 saturated heterocycles. The Hall–Kier alpha value is -1.21. The van der Waals surface area contributed by atoms with Crippen LogP contribution in [-0.4, -0.2) is 29.7 Å². The van der Waals surface area contributed by atoms with Crippen LogP contribution in [0, 0.1) is 0 Å². The molecule has 2 rings (SSSR count). The van der Waals surface area contributed by atoms with Crippen LogP contribution in [0.4, 0.5) is 0 Å². The van der Waals surface area contributed by atoms with Crippen molar-refractivity contribution in [1.82, 2.24) is 0 Å². The second kappa shape index (κ2) is 4.67. The van der Waals surface area contributed by atoms with E-state index in [0.717, 1.165) is 0 Å². The largest absolute Gasteiger partial charge is 0.512 e. The fourth-order valence-corrected chi connectivity index (χ4v) is 2.11. The van der Waals surface area contributed by atoms with E-state index in [-0.39, 0.29) is 5.56 Å². The van der Waals surface area contributed by atoms with Crippen molar-refractivity contribution < 1.29 is 19.2 Å². The van der Waals surface area contributed by atoms with E-state index < -0.39 is 23.9 Å².